The van der Waals surface area contributed by atoms with Crippen molar-refractivity contribution in [1.29, 1.82) is 0 Å². The van der Waals surface area contributed by atoms with Crippen LogP contribution in [0.2, 0.25) is 0 Å². The highest BCUT2D eigenvalue weighted by molar-refractivity contribution is 7.18. The largest absolute Gasteiger partial charge is 0.368 e. The molecule has 2 N–H and O–H groups in total. The van der Waals surface area contributed by atoms with E-state index < -0.39 is 0 Å². The van der Waals surface area contributed by atoms with Crippen LogP contribution in [-0.4, -0.2) is 23.6 Å². The highest BCUT2D eigenvalue weighted by Gasteiger charge is 2.21. The maximum absolute atomic E-state index is 5.85. The van der Waals surface area contributed by atoms with Gasteiger partial charge < -0.3 is 10.6 Å². The van der Waals surface area contributed by atoms with Gasteiger partial charge in [-0.2, -0.15) is 4.98 Å². The summed E-state index contributed by atoms with van der Waals surface area (Å²) in [4.78, 5) is 13.4. The minimum atomic E-state index is 0.382. The van der Waals surface area contributed by atoms with Crippen LogP contribution in [-0.2, 0) is 6.42 Å². The van der Waals surface area contributed by atoms with Gasteiger partial charge in [0.2, 0.25) is 5.95 Å². The van der Waals surface area contributed by atoms with Crippen molar-refractivity contribution < 1.29 is 0 Å². The summed E-state index contributed by atoms with van der Waals surface area (Å²) in [5.41, 5.74) is 5.85. The Hall–Kier alpha value is -1.36. The molecule has 0 unspecified atom stereocenters. The molecule has 1 fully saturated rings. The number of nitrogens with two attached hydrogens (primary N) is 1. The van der Waals surface area contributed by atoms with Gasteiger partial charge in [-0.3, -0.25) is 0 Å². The maximum Gasteiger partial charge on any atom is 0.223 e. The van der Waals surface area contributed by atoms with Crippen LogP contribution >= 0.6 is 11.3 Å². The van der Waals surface area contributed by atoms with Crippen LogP contribution in [0.1, 0.15) is 31.1 Å². The molecule has 0 aromatic carbocycles. The highest BCUT2D eigenvalue weighted by atomic mass is 32.1. The lowest BCUT2D eigenvalue weighted by molar-refractivity contribution is 0.321. The number of aryl methyl sites for hydroxylation is 1. The van der Waals surface area contributed by atoms with Gasteiger partial charge in [-0.15, -0.1) is 11.3 Å². The molecule has 3 rings (SSSR count). The Morgan fingerprint density at radius 2 is 2.21 bits per heavy atom. The lowest BCUT2D eigenvalue weighted by atomic mass is 9.85. The minimum Gasteiger partial charge on any atom is -0.368 e. The zero-order valence-electron chi connectivity index (χ0n) is 11.5. The number of aromatic nitrogens is 2. The number of nitrogen functional groups attached to an aromatic ring is 1. The molecule has 4 nitrogen and oxygen atoms in total. The van der Waals surface area contributed by atoms with E-state index in [0.29, 0.717) is 5.95 Å². The summed E-state index contributed by atoms with van der Waals surface area (Å²) in [7, 11) is 2.11. The molecule has 102 valence electrons. The third-order valence-corrected chi connectivity index (χ3v) is 5.08. The summed E-state index contributed by atoms with van der Waals surface area (Å²) in [5, 5.41) is 1.15. The molecular weight excluding hydrogens is 256 g/mol. The molecule has 0 amide bonds. The molecule has 0 atom stereocenters. The van der Waals surface area contributed by atoms with E-state index in [2.05, 4.69) is 34.9 Å². The number of fused-ring (bicyclic) bond motifs is 1. The van der Waals surface area contributed by atoms with Crippen LogP contribution < -0.4 is 10.6 Å². The quantitative estimate of drug-likeness (QED) is 0.932. The van der Waals surface area contributed by atoms with Crippen molar-refractivity contribution in [2.45, 2.75) is 32.6 Å². The van der Waals surface area contributed by atoms with E-state index >= 15 is 0 Å². The Bertz CT molecular complexity index is 588. The molecule has 5 heteroatoms. The van der Waals surface area contributed by atoms with Crippen molar-refractivity contribution in [2.24, 2.45) is 5.92 Å². The lowest BCUT2D eigenvalue weighted by Gasteiger charge is -2.30. The minimum absolute atomic E-state index is 0.382. The third-order valence-electron chi connectivity index (χ3n) is 3.91. The van der Waals surface area contributed by atoms with Gasteiger partial charge in [0.15, 0.2) is 0 Å². The standard InChI is InChI=1S/C14H20N4S/c1-3-10-7-11-12(16-14(15)17-13(11)19-10)18(2)8-9-5-4-6-9/h7,9H,3-6,8H2,1-2H3,(H2,15,16,17). The molecular formula is C14H20N4S. The summed E-state index contributed by atoms with van der Waals surface area (Å²) in [6.45, 7) is 3.24. The second kappa shape index (κ2) is 4.96. The first-order valence-corrected chi connectivity index (χ1v) is 7.76. The first kappa shape index (κ1) is 12.7. The van der Waals surface area contributed by atoms with Crippen LogP contribution in [0, 0.1) is 5.92 Å². The van der Waals surface area contributed by atoms with E-state index in [4.69, 9.17) is 5.73 Å². The fourth-order valence-electron chi connectivity index (χ4n) is 2.59. The van der Waals surface area contributed by atoms with E-state index in [9.17, 15) is 0 Å². The van der Waals surface area contributed by atoms with Crippen molar-refractivity contribution in [3.8, 4) is 0 Å². The molecule has 19 heavy (non-hydrogen) atoms. The predicted molar refractivity (Wildman–Crippen MR) is 81.8 cm³/mol. The van der Waals surface area contributed by atoms with Gasteiger partial charge in [0.05, 0.1) is 5.39 Å². The van der Waals surface area contributed by atoms with E-state index in [1.807, 2.05) is 0 Å². The average molecular weight is 276 g/mol. The molecule has 1 aliphatic carbocycles. The predicted octanol–water partition coefficient (Wildman–Crippen LogP) is 3.07. The maximum atomic E-state index is 5.85. The molecule has 2 heterocycles. The van der Waals surface area contributed by atoms with Crippen molar-refractivity contribution in [1.82, 2.24) is 9.97 Å². The third kappa shape index (κ3) is 2.39. The Kier molecular flexibility index (Phi) is 3.31. The van der Waals surface area contributed by atoms with Crippen LogP contribution in [0.4, 0.5) is 11.8 Å². The van der Waals surface area contributed by atoms with E-state index in [-0.39, 0.29) is 0 Å². The van der Waals surface area contributed by atoms with Crippen LogP contribution in [0.5, 0.6) is 0 Å². The van der Waals surface area contributed by atoms with Crippen molar-refractivity contribution >= 4 is 33.3 Å². The normalized spacial score (nSPS) is 15.7. The molecule has 2 aromatic heterocycles. The summed E-state index contributed by atoms with van der Waals surface area (Å²) in [5.74, 6) is 2.19. The Morgan fingerprint density at radius 1 is 1.42 bits per heavy atom. The van der Waals surface area contributed by atoms with Gasteiger partial charge in [0.1, 0.15) is 10.6 Å². The van der Waals surface area contributed by atoms with E-state index in [1.54, 1.807) is 11.3 Å². The summed E-state index contributed by atoms with van der Waals surface area (Å²) >= 11 is 1.72. The van der Waals surface area contributed by atoms with Gasteiger partial charge in [-0.05, 0) is 31.2 Å². The fraction of sp³-hybridized carbons (Fsp3) is 0.571. The molecule has 0 saturated heterocycles. The second-order valence-corrected chi connectivity index (χ2v) is 6.48. The number of anilines is 2. The SMILES string of the molecule is CCc1cc2c(N(C)CC3CCC3)nc(N)nc2s1. The van der Waals surface area contributed by atoms with Gasteiger partial charge in [0, 0.05) is 18.5 Å². The van der Waals surface area contributed by atoms with E-state index in [1.165, 1.54) is 24.1 Å². The molecule has 0 aliphatic heterocycles. The summed E-state index contributed by atoms with van der Waals surface area (Å²) < 4.78 is 0. The van der Waals surface area contributed by atoms with Gasteiger partial charge in [0.25, 0.3) is 0 Å². The fourth-order valence-corrected chi connectivity index (χ4v) is 3.56. The smallest absolute Gasteiger partial charge is 0.223 e. The molecule has 0 bridgehead atoms. The Labute approximate surface area is 117 Å². The summed E-state index contributed by atoms with van der Waals surface area (Å²) in [6, 6.07) is 2.21. The monoisotopic (exact) mass is 276 g/mol. The molecule has 1 saturated carbocycles. The average Bonchev–Trinajstić information content (AvgIpc) is 2.75. The second-order valence-electron chi connectivity index (χ2n) is 5.37. The Balaban J connectivity index is 1.97. The van der Waals surface area contributed by atoms with Crippen molar-refractivity contribution in [3.63, 3.8) is 0 Å². The summed E-state index contributed by atoms with van der Waals surface area (Å²) in [6.07, 6.45) is 5.10. The zero-order chi connectivity index (χ0) is 13.4. The first-order valence-electron chi connectivity index (χ1n) is 6.94. The van der Waals surface area contributed by atoms with E-state index in [0.717, 1.165) is 34.9 Å². The topological polar surface area (TPSA) is 55.0 Å². The van der Waals surface area contributed by atoms with Crippen LogP contribution in [0.15, 0.2) is 6.07 Å². The van der Waals surface area contributed by atoms with Gasteiger partial charge in [-0.1, -0.05) is 13.3 Å². The van der Waals surface area contributed by atoms with Crippen LogP contribution in [0.3, 0.4) is 0 Å². The highest BCUT2D eigenvalue weighted by Crippen LogP contribution is 2.33. The molecule has 0 radical (unpaired) electrons. The lowest BCUT2D eigenvalue weighted by Crippen LogP contribution is -2.30. The van der Waals surface area contributed by atoms with Crippen molar-refractivity contribution in [3.05, 3.63) is 10.9 Å². The molecule has 0 spiro atoms. The van der Waals surface area contributed by atoms with Crippen LogP contribution in [0.25, 0.3) is 10.2 Å². The molecule has 2 aromatic rings. The Morgan fingerprint density at radius 3 is 2.84 bits per heavy atom. The number of thiophene rings is 1. The van der Waals surface area contributed by atoms with Crippen molar-refractivity contribution in [2.75, 3.05) is 24.2 Å². The number of hydrogen-bond acceptors (Lipinski definition) is 5. The molecule has 1 aliphatic rings. The first-order chi connectivity index (χ1) is 9.17. The zero-order valence-corrected chi connectivity index (χ0v) is 12.3. The number of nitrogens with zero attached hydrogens (tertiary/aromatic N) is 3. The van der Waals surface area contributed by atoms with Gasteiger partial charge in [-0.25, -0.2) is 4.98 Å². The number of rotatable bonds is 4. The van der Waals surface area contributed by atoms with Gasteiger partial charge >= 0.3 is 0 Å². The number of hydrogen-bond donors (Lipinski definition) is 1.